The van der Waals surface area contributed by atoms with E-state index in [2.05, 4.69) is 46.2 Å². The van der Waals surface area contributed by atoms with E-state index in [1.807, 2.05) is 35.7 Å². The molecule has 3 heterocycles. The van der Waals surface area contributed by atoms with Crippen LogP contribution in [0.2, 0.25) is 0 Å². The molecular formula is C26H28N4O3S3. The molecule has 0 unspecified atom stereocenters. The minimum absolute atomic E-state index is 0.143. The van der Waals surface area contributed by atoms with Gasteiger partial charge in [0, 0.05) is 33.3 Å². The SMILES string of the molecule is CCCn1c(SCC(=O)Nc2scc(-c3ccccc3)c2C(=O)OC)nnc1-c1csc(C)c1CC. The average molecular weight is 541 g/mol. The molecule has 1 aromatic carbocycles. The first-order valence-corrected chi connectivity index (χ1v) is 14.4. The van der Waals surface area contributed by atoms with Gasteiger partial charge in [0.05, 0.1) is 12.9 Å². The number of aryl methyl sites for hydroxylation is 1. The number of anilines is 1. The van der Waals surface area contributed by atoms with Crippen LogP contribution in [0.5, 0.6) is 0 Å². The highest BCUT2D eigenvalue weighted by Gasteiger charge is 2.23. The fourth-order valence-electron chi connectivity index (χ4n) is 4.00. The highest BCUT2D eigenvalue weighted by molar-refractivity contribution is 7.99. The summed E-state index contributed by atoms with van der Waals surface area (Å²) in [6.45, 7) is 7.15. The molecule has 1 N–H and O–H groups in total. The van der Waals surface area contributed by atoms with E-state index in [9.17, 15) is 9.59 Å². The van der Waals surface area contributed by atoms with Crippen molar-refractivity contribution in [1.29, 1.82) is 0 Å². The third-order valence-corrected chi connectivity index (χ3v) is 8.53. The molecule has 0 atom stereocenters. The van der Waals surface area contributed by atoms with E-state index >= 15 is 0 Å². The first kappa shape index (κ1) is 26.1. The highest BCUT2D eigenvalue weighted by Crippen LogP contribution is 2.37. The molecule has 0 saturated heterocycles. The molecular weight excluding hydrogens is 513 g/mol. The van der Waals surface area contributed by atoms with Crippen molar-refractivity contribution in [2.24, 2.45) is 0 Å². The van der Waals surface area contributed by atoms with Crippen molar-refractivity contribution in [3.05, 3.63) is 57.1 Å². The van der Waals surface area contributed by atoms with Crippen molar-refractivity contribution < 1.29 is 14.3 Å². The van der Waals surface area contributed by atoms with Gasteiger partial charge in [0.15, 0.2) is 11.0 Å². The molecule has 4 aromatic rings. The number of hydrogen-bond acceptors (Lipinski definition) is 8. The van der Waals surface area contributed by atoms with Gasteiger partial charge >= 0.3 is 5.97 Å². The molecule has 36 heavy (non-hydrogen) atoms. The zero-order chi connectivity index (χ0) is 25.7. The Morgan fingerprint density at radius 2 is 1.83 bits per heavy atom. The van der Waals surface area contributed by atoms with Crippen LogP contribution in [0.25, 0.3) is 22.5 Å². The van der Waals surface area contributed by atoms with Crippen molar-refractivity contribution >= 4 is 51.3 Å². The molecule has 0 aliphatic rings. The van der Waals surface area contributed by atoms with E-state index < -0.39 is 5.97 Å². The molecule has 0 aliphatic heterocycles. The predicted molar refractivity (Wildman–Crippen MR) is 148 cm³/mol. The molecule has 7 nitrogen and oxygen atoms in total. The topological polar surface area (TPSA) is 86.1 Å². The zero-order valence-corrected chi connectivity index (χ0v) is 23.1. The number of esters is 1. The third kappa shape index (κ3) is 5.40. The van der Waals surface area contributed by atoms with E-state index in [1.165, 1.54) is 40.6 Å². The van der Waals surface area contributed by atoms with Gasteiger partial charge in [-0.15, -0.1) is 32.9 Å². The van der Waals surface area contributed by atoms with Crippen LogP contribution in [0.3, 0.4) is 0 Å². The van der Waals surface area contributed by atoms with Gasteiger partial charge < -0.3 is 14.6 Å². The van der Waals surface area contributed by atoms with Crippen LogP contribution in [0.15, 0.2) is 46.2 Å². The maximum absolute atomic E-state index is 12.9. The van der Waals surface area contributed by atoms with Crippen LogP contribution < -0.4 is 5.32 Å². The molecule has 0 spiro atoms. The number of hydrogen-bond donors (Lipinski definition) is 1. The monoisotopic (exact) mass is 540 g/mol. The largest absolute Gasteiger partial charge is 0.465 e. The average Bonchev–Trinajstić information content (AvgIpc) is 3.59. The lowest BCUT2D eigenvalue weighted by atomic mass is 10.0. The van der Waals surface area contributed by atoms with Crippen molar-refractivity contribution in [1.82, 2.24) is 14.8 Å². The van der Waals surface area contributed by atoms with E-state index in [4.69, 9.17) is 4.74 Å². The van der Waals surface area contributed by atoms with E-state index in [0.717, 1.165) is 41.9 Å². The van der Waals surface area contributed by atoms with Crippen molar-refractivity contribution in [2.45, 2.75) is 45.3 Å². The number of nitrogens with one attached hydrogen (secondary N) is 1. The van der Waals surface area contributed by atoms with Gasteiger partial charge in [-0.25, -0.2) is 4.79 Å². The first-order chi connectivity index (χ1) is 17.5. The Kier molecular flexibility index (Phi) is 8.60. The van der Waals surface area contributed by atoms with Gasteiger partial charge in [-0.1, -0.05) is 55.9 Å². The number of carbonyl (C=O) groups excluding carboxylic acids is 2. The quantitative estimate of drug-likeness (QED) is 0.182. The number of amides is 1. The Labute approximate surface area is 222 Å². The van der Waals surface area contributed by atoms with Crippen molar-refractivity contribution in [3.63, 3.8) is 0 Å². The van der Waals surface area contributed by atoms with Crippen LogP contribution in [0.4, 0.5) is 5.00 Å². The van der Waals surface area contributed by atoms with Gasteiger partial charge in [0.2, 0.25) is 5.91 Å². The number of nitrogens with zero attached hydrogens (tertiary/aromatic N) is 3. The predicted octanol–water partition coefficient (Wildman–Crippen LogP) is 6.53. The number of benzene rings is 1. The van der Waals surface area contributed by atoms with Crippen LogP contribution in [0, 0.1) is 6.92 Å². The lowest BCUT2D eigenvalue weighted by Gasteiger charge is -2.10. The smallest absolute Gasteiger partial charge is 0.341 e. The van der Waals surface area contributed by atoms with Crippen LogP contribution >= 0.6 is 34.4 Å². The molecule has 0 radical (unpaired) electrons. The second-order valence-corrected chi connectivity index (χ2v) is 10.9. The van der Waals surface area contributed by atoms with E-state index in [1.54, 1.807) is 11.3 Å². The number of aromatic nitrogens is 3. The maximum Gasteiger partial charge on any atom is 0.341 e. The summed E-state index contributed by atoms with van der Waals surface area (Å²) >= 11 is 4.38. The molecule has 0 fully saturated rings. The summed E-state index contributed by atoms with van der Waals surface area (Å²) in [6.07, 6.45) is 1.86. The van der Waals surface area contributed by atoms with E-state index in [-0.39, 0.29) is 11.7 Å². The summed E-state index contributed by atoms with van der Waals surface area (Å²) in [4.78, 5) is 26.8. The number of methoxy groups -OCH3 is 1. The summed E-state index contributed by atoms with van der Waals surface area (Å²) in [5.74, 6) is 0.285. The molecule has 0 saturated carbocycles. The summed E-state index contributed by atoms with van der Waals surface area (Å²) in [5, 5.41) is 17.0. The number of thioether (sulfide) groups is 1. The van der Waals surface area contributed by atoms with E-state index in [0.29, 0.717) is 15.7 Å². The van der Waals surface area contributed by atoms with Crippen molar-refractivity contribution in [2.75, 3.05) is 18.2 Å². The molecule has 4 rings (SSSR count). The summed E-state index contributed by atoms with van der Waals surface area (Å²) in [6, 6.07) is 9.58. The van der Waals surface area contributed by atoms with Gasteiger partial charge in [0.1, 0.15) is 10.6 Å². The second kappa shape index (κ2) is 11.9. The summed E-state index contributed by atoms with van der Waals surface area (Å²) < 4.78 is 7.10. The van der Waals surface area contributed by atoms with Gasteiger partial charge in [-0.05, 0) is 30.9 Å². The van der Waals surface area contributed by atoms with Gasteiger partial charge in [-0.2, -0.15) is 0 Å². The van der Waals surface area contributed by atoms with Gasteiger partial charge in [0.25, 0.3) is 0 Å². The fourth-order valence-corrected chi connectivity index (χ4v) is 6.68. The van der Waals surface area contributed by atoms with Crippen molar-refractivity contribution in [3.8, 4) is 22.5 Å². The number of rotatable bonds is 10. The Morgan fingerprint density at radius 1 is 1.08 bits per heavy atom. The Hall–Kier alpha value is -2.95. The molecule has 3 aromatic heterocycles. The highest BCUT2D eigenvalue weighted by atomic mass is 32.2. The molecule has 10 heteroatoms. The molecule has 1 amide bonds. The maximum atomic E-state index is 12.9. The Bertz CT molecular complexity index is 1360. The van der Waals surface area contributed by atoms with Crippen LogP contribution in [-0.4, -0.2) is 39.5 Å². The summed E-state index contributed by atoms with van der Waals surface area (Å²) in [5.41, 5.74) is 4.40. The lowest BCUT2D eigenvalue weighted by Crippen LogP contribution is -2.16. The molecule has 0 bridgehead atoms. The Balaban J connectivity index is 1.53. The van der Waals surface area contributed by atoms with Gasteiger partial charge in [-0.3, -0.25) is 4.79 Å². The number of carbonyl (C=O) groups is 2. The lowest BCUT2D eigenvalue weighted by molar-refractivity contribution is -0.113. The number of thiophene rings is 2. The molecule has 188 valence electrons. The van der Waals surface area contributed by atoms with Crippen LogP contribution in [0.1, 0.15) is 41.1 Å². The summed E-state index contributed by atoms with van der Waals surface area (Å²) in [7, 11) is 1.34. The minimum Gasteiger partial charge on any atom is -0.465 e. The van der Waals surface area contributed by atoms with Crippen LogP contribution in [-0.2, 0) is 22.5 Å². The normalized spacial score (nSPS) is 11.0. The fraction of sp³-hybridized carbons (Fsp3) is 0.308. The Morgan fingerprint density at radius 3 is 2.53 bits per heavy atom. The molecule has 0 aliphatic carbocycles. The second-order valence-electron chi connectivity index (χ2n) is 8.04. The minimum atomic E-state index is -0.483. The standard InChI is InChI=1S/C26H28N4O3S3/c1-5-12-30-23(20-14-34-16(3)18(20)6-2)28-29-26(30)36-15-21(31)27-24-22(25(32)33-4)19(13-35-24)17-10-8-7-9-11-17/h7-11,13-14H,5-6,12,15H2,1-4H3,(H,27,31). The zero-order valence-electron chi connectivity index (χ0n) is 20.7. The first-order valence-electron chi connectivity index (χ1n) is 11.7. The third-order valence-electron chi connectivity index (χ3n) is 5.71. The number of ether oxygens (including phenoxy) is 1.